The van der Waals surface area contributed by atoms with Gasteiger partial charge in [-0.1, -0.05) is 30.3 Å². The number of carbonyl (C=O) groups excluding carboxylic acids is 1. The fourth-order valence-electron chi connectivity index (χ4n) is 3.37. The number of carbonyl (C=O) groups is 1. The second-order valence-electron chi connectivity index (χ2n) is 7.46. The van der Waals surface area contributed by atoms with Crippen molar-refractivity contribution < 1.29 is 4.79 Å². The van der Waals surface area contributed by atoms with E-state index in [0.29, 0.717) is 6.54 Å². The third kappa shape index (κ3) is 4.67. The lowest BCUT2D eigenvalue weighted by atomic mass is 10.2. The van der Waals surface area contributed by atoms with Crippen LogP contribution in [-0.4, -0.2) is 34.5 Å². The van der Waals surface area contributed by atoms with Crippen molar-refractivity contribution >= 4 is 34.0 Å². The second kappa shape index (κ2) is 8.80. The summed E-state index contributed by atoms with van der Waals surface area (Å²) in [7, 11) is 3.99. The molecule has 1 aromatic heterocycles. The topological polar surface area (TPSA) is 62.2 Å². The number of hydrogen-bond acceptors (Lipinski definition) is 4. The number of aromatic nitrogens is 2. The van der Waals surface area contributed by atoms with Gasteiger partial charge in [0.25, 0.3) is 0 Å². The molecule has 30 heavy (non-hydrogen) atoms. The van der Waals surface area contributed by atoms with Crippen molar-refractivity contribution in [3.8, 4) is 0 Å². The van der Waals surface area contributed by atoms with E-state index >= 15 is 0 Å². The van der Waals surface area contributed by atoms with Crippen molar-refractivity contribution in [1.82, 2.24) is 14.5 Å². The first-order valence-electron chi connectivity index (χ1n) is 9.89. The van der Waals surface area contributed by atoms with Gasteiger partial charge in [-0.25, -0.2) is 4.98 Å². The number of rotatable bonds is 7. The minimum absolute atomic E-state index is 0.0815. The standard InChI is InChI=1S/C24H25N5O/c1-28(2)16-23-27-21-10-6-7-11-22(21)29(23)17-24(30)26-20-14-12-19(13-15-20)25-18-8-4-3-5-9-18/h3-15,25H,16-17H2,1-2H3,(H,26,30). The molecule has 6 nitrogen and oxygen atoms in total. The Balaban J connectivity index is 1.46. The van der Waals surface area contributed by atoms with Crippen LogP contribution >= 0.6 is 0 Å². The number of para-hydroxylation sites is 3. The Labute approximate surface area is 176 Å². The molecule has 0 radical (unpaired) electrons. The Hall–Kier alpha value is -3.64. The molecule has 1 heterocycles. The molecule has 0 atom stereocenters. The van der Waals surface area contributed by atoms with Crippen molar-refractivity contribution in [2.24, 2.45) is 0 Å². The summed E-state index contributed by atoms with van der Waals surface area (Å²) in [6.45, 7) is 0.884. The van der Waals surface area contributed by atoms with Gasteiger partial charge in [0.05, 0.1) is 17.6 Å². The lowest BCUT2D eigenvalue weighted by Gasteiger charge is -2.13. The van der Waals surface area contributed by atoms with Crippen molar-refractivity contribution in [3.05, 3.63) is 84.7 Å². The number of nitrogens with one attached hydrogen (secondary N) is 2. The summed E-state index contributed by atoms with van der Waals surface area (Å²) >= 11 is 0. The van der Waals surface area contributed by atoms with E-state index in [1.54, 1.807) is 0 Å². The molecule has 4 aromatic rings. The van der Waals surface area contributed by atoms with Gasteiger partial charge in [0.15, 0.2) is 0 Å². The highest BCUT2D eigenvalue weighted by molar-refractivity contribution is 5.92. The van der Waals surface area contributed by atoms with Crippen LogP contribution in [0.3, 0.4) is 0 Å². The highest BCUT2D eigenvalue weighted by Crippen LogP contribution is 2.20. The molecule has 0 fully saturated rings. The Kier molecular flexibility index (Phi) is 5.77. The number of hydrogen-bond donors (Lipinski definition) is 2. The SMILES string of the molecule is CN(C)Cc1nc2ccccc2n1CC(=O)Nc1ccc(Nc2ccccc2)cc1. The van der Waals surface area contributed by atoms with Crippen LogP contribution < -0.4 is 10.6 Å². The summed E-state index contributed by atoms with van der Waals surface area (Å²) < 4.78 is 1.98. The monoisotopic (exact) mass is 399 g/mol. The third-order valence-electron chi connectivity index (χ3n) is 4.72. The van der Waals surface area contributed by atoms with Gasteiger partial charge in [0, 0.05) is 17.1 Å². The molecule has 0 unspecified atom stereocenters. The van der Waals surface area contributed by atoms with Crippen LogP contribution in [0.4, 0.5) is 17.1 Å². The molecule has 6 heteroatoms. The lowest BCUT2D eigenvalue weighted by Crippen LogP contribution is -2.22. The Morgan fingerprint density at radius 3 is 2.23 bits per heavy atom. The summed E-state index contributed by atoms with van der Waals surface area (Å²) in [5.41, 5.74) is 4.62. The molecular formula is C24H25N5O. The van der Waals surface area contributed by atoms with E-state index in [1.807, 2.05) is 102 Å². The summed E-state index contributed by atoms with van der Waals surface area (Å²) in [5, 5.41) is 6.32. The summed E-state index contributed by atoms with van der Waals surface area (Å²) in [4.78, 5) is 19.5. The summed E-state index contributed by atoms with van der Waals surface area (Å²) in [6, 6.07) is 25.6. The van der Waals surface area contributed by atoms with Crippen LogP contribution in [0.2, 0.25) is 0 Å². The fourth-order valence-corrected chi connectivity index (χ4v) is 3.37. The first-order valence-corrected chi connectivity index (χ1v) is 9.89. The van der Waals surface area contributed by atoms with Gasteiger partial charge in [0.1, 0.15) is 12.4 Å². The van der Waals surface area contributed by atoms with Crippen molar-refractivity contribution in [3.63, 3.8) is 0 Å². The summed E-state index contributed by atoms with van der Waals surface area (Å²) in [5.74, 6) is 0.792. The van der Waals surface area contributed by atoms with Gasteiger partial charge in [-0.15, -0.1) is 0 Å². The second-order valence-corrected chi connectivity index (χ2v) is 7.46. The number of benzene rings is 3. The number of nitrogens with zero attached hydrogens (tertiary/aromatic N) is 3. The molecule has 0 saturated heterocycles. The van der Waals surface area contributed by atoms with E-state index in [2.05, 4.69) is 10.6 Å². The van der Waals surface area contributed by atoms with Gasteiger partial charge in [0.2, 0.25) is 5.91 Å². The molecule has 0 bridgehead atoms. The van der Waals surface area contributed by atoms with E-state index in [-0.39, 0.29) is 12.5 Å². The van der Waals surface area contributed by atoms with Crippen molar-refractivity contribution in [1.29, 1.82) is 0 Å². The van der Waals surface area contributed by atoms with Crippen molar-refractivity contribution in [2.75, 3.05) is 24.7 Å². The Morgan fingerprint density at radius 1 is 0.867 bits per heavy atom. The molecule has 3 aromatic carbocycles. The maximum Gasteiger partial charge on any atom is 0.244 e. The zero-order valence-corrected chi connectivity index (χ0v) is 17.2. The predicted molar refractivity (Wildman–Crippen MR) is 122 cm³/mol. The number of fused-ring (bicyclic) bond motifs is 1. The van der Waals surface area contributed by atoms with Crippen LogP contribution in [0.25, 0.3) is 11.0 Å². The maximum atomic E-state index is 12.7. The minimum atomic E-state index is -0.0815. The minimum Gasteiger partial charge on any atom is -0.356 e. The van der Waals surface area contributed by atoms with E-state index in [4.69, 9.17) is 4.98 Å². The largest absolute Gasteiger partial charge is 0.356 e. The van der Waals surface area contributed by atoms with Crippen molar-refractivity contribution in [2.45, 2.75) is 13.1 Å². The van der Waals surface area contributed by atoms with E-state index in [9.17, 15) is 4.79 Å². The lowest BCUT2D eigenvalue weighted by molar-refractivity contribution is -0.116. The molecule has 0 spiro atoms. The highest BCUT2D eigenvalue weighted by atomic mass is 16.1. The average molecular weight is 399 g/mol. The maximum absolute atomic E-state index is 12.7. The summed E-state index contributed by atoms with van der Waals surface area (Å²) in [6.07, 6.45) is 0. The molecule has 0 saturated carbocycles. The number of anilines is 3. The normalized spacial score (nSPS) is 11.0. The van der Waals surface area contributed by atoms with Gasteiger partial charge >= 0.3 is 0 Å². The fraction of sp³-hybridized carbons (Fsp3) is 0.167. The van der Waals surface area contributed by atoms with Gasteiger partial charge in [-0.05, 0) is 62.6 Å². The first kappa shape index (κ1) is 19.7. The first-order chi connectivity index (χ1) is 14.6. The molecular weight excluding hydrogens is 374 g/mol. The highest BCUT2D eigenvalue weighted by Gasteiger charge is 2.14. The smallest absolute Gasteiger partial charge is 0.244 e. The van der Waals surface area contributed by atoms with Gasteiger partial charge in [-0.2, -0.15) is 0 Å². The van der Waals surface area contributed by atoms with Crippen LogP contribution in [0.5, 0.6) is 0 Å². The number of imidazole rings is 1. The van der Waals surface area contributed by atoms with Gasteiger partial charge in [-0.3, -0.25) is 4.79 Å². The molecule has 4 rings (SSSR count). The van der Waals surface area contributed by atoms with Gasteiger partial charge < -0.3 is 20.1 Å². The van der Waals surface area contributed by atoms with Crippen LogP contribution in [0.1, 0.15) is 5.82 Å². The molecule has 1 amide bonds. The van der Waals surface area contributed by atoms with Crippen LogP contribution in [0, 0.1) is 0 Å². The predicted octanol–water partition coefficient (Wildman–Crippen LogP) is 4.48. The molecule has 152 valence electrons. The Bertz CT molecular complexity index is 1130. The van der Waals surface area contributed by atoms with Crippen LogP contribution in [0.15, 0.2) is 78.9 Å². The number of amides is 1. The van der Waals surface area contributed by atoms with E-state index < -0.39 is 0 Å². The molecule has 0 aliphatic carbocycles. The quantitative estimate of drug-likeness (QED) is 0.481. The average Bonchev–Trinajstić information content (AvgIpc) is 3.06. The molecule has 0 aliphatic heterocycles. The zero-order valence-electron chi connectivity index (χ0n) is 17.2. The molecule has 0 aliphatic rings. The van der Waals surface area contributed by atoms with E-state index in [1.165, 1.54) is 0 Å². The van der Waals surface area contributed by atoms with E-state index in [0.717, 1.165) is 33.9 Å². The Morgan fingerprint density at radius 2 is 1.50 bits per heavy atom. The molecule has 2 N–H and O–H groups in total. The zero-order chi connectivity index (χ0) is 20.9. The van der Waals surface area contributed by atoms with Crippen LogP contribution in [-0.2, 0) is 17.9 Å². The third-order valence-corrected chi connectivity index (χ3v) is 4.72.